The lowest BCUT2D eigenvalue weighted by Crippen LogP contribution is -2.28. The summed E-state index contributed by atoms with van der Waals surface area (Å²) >= 11 is 1.46. The van der Waals surface area contributed by atoms with E-state index >= 15 is 0 Å². The summed E-state index contributed by atoms with van der Waals surface area (Å²) in [7, 11) is 0. The first kappa shape index (κ1) is 19.2. The molecule has 0 aliphatic heterocycles. The van der Waals surface area contributed by atoms with E-state index in [9.17, 15) is 4.79 Å². The Hall–Kier alpha value is -3.12. The fourth-order valence-electron chi connectivity index (χ4n) is 3.25. The molecule has 0 fully saturated rings. The third kappa shape index (κ3) is 4.49. The molecule has 146 valence electrons. The van der Waals surface area contributed by atoms with Gasteiger partial charge in [0.05, 0.1) is 28.7 Å². The summed E-state index contributed by atoms with van der Waals surface area (Å²) in [4.78, 5) is 21.1. The van der Waals surface area contributed by atoms with Crippen molar-refractivity contribution in [2.24, 2.45) is 0 Å². The number of carbonyl (C=O) groups excluding carboxylic acids is 1. The highest BCUT2D eigenvalue weighted by Crippen LogP contribution is 2.24. The first-order valence-electron chi connectivity index (χ1n) is 9.47. The summed E-state index contributed by atoms with van der Waals surface area (Å²) in [5.41, 5.74) is 4.23. The monoisotopic (exact) mass is 402 g/mol. The van der Waals surface area contributed by atoms with Gasteiger partial charge in [-0.2, -0.15) is 0 Å². The van der Waals surface area contributed by atoms with Crippen molar-refractivity contribution in [2.45, 2.75) is 24.9 Å². The maximum absolute atomic E-state index is 12.4. The van der Waals surface area contributed by atoms with Crippen molar-refractivity contribution in [3.05, 3.63) is 84.4 Å². The number of rotatable bonds is 6. The van der Waals surface area contributed by atoms with Crippen LogP contribution >= 0.6 is 11.8 Å². The first-order valence-corrected chi connectivity index (χ1v) is 10.5. The lowest BCUT2D eigenvalue weighted by Gasteiger charge is -2.15. The molecule has 0 unspecified atom stereocenters. The molecule has 0 bridgehead atoms. The molecular formula is C23H22N4OS. The van der Waals surface area contributed by atoms with Crippen LogP contribution in [0.4, 0.5) is 0 Å². The van der Waals surface area contributed by atoms with E-state index in [0.29, 0.717) is 5.75 Å². The van der Waals surface area contributed by atoms with Crippen LogP contribution in [0.3, 0.4) is 0 Å². The van der Waals surface area contributed by atoms with Gasteiger partial charge >= 0.3 is 0 Å². The molecule has 2 heterocycles. The van der Waals surface area contributed by atoms with Crippen molar-refractivity contribution in [3.63, 3.8) is 0 Å². The predicted molar refractivity (Wildman–Crippen MR) is 117 cm³/mol. The quantitative estimate of drug-likeness (QED) is 0.475. The maximum atomic E-state index is 12.4. The van der Waals surface area contributed by atoms with Gasteiger partial charge in [-0.1, -0.05) is 42.1 Å². The van der Waals surface area contributed by atoms with Crippen LogP contribution in [0.2, 0.25) is 0 Å². The molecule has 5 nitrogen and oxygen atoms in total. The molecule has 0 aliphatic carbocycles. The summed E-state index contributed by atoms with van der Waals surface area (Å²) in [6, 6.07) is 18.1. The number of hydrogen-bond acceptors (Lipinski definition) is 4. The highest BCUT2D eigenvalue weighted by atomic mass is 32.2. The summed E-state index contributed by atoms with van der Waals surface area (Å²) in [5.74, 6) is 0.330. The lowest BCUT2D eigenvalue weighted by molar-refractivity contribution is -0.119. The fraction of sp³-hybridized carbons (Fsp3) is 0.174. The molecule has 0 aliphatic rings. The van der Waals surface area contributed by atoms with E-state index in [2.05, 4.69) is 28.3 Å². The van der Waals surface area contributed by atoms with Gasteiger partial charge in [0.15, 0.2) is 0 Å². The van der Waals surface area contributed by atoms with Crippen LogP contribution in [-0.2, 0) is 4.79 Å². The Kier molecular flexibility index (Phi) is 5.62. The molecule has 0 radical (unpaired) electrons. The van der Waals surface area contributed by atoms with E-state index in [4.69, 9.17) is 0 Å². The van der Waals surface area contributed by atoms with Gasteiger partial charge < -0.3 is 9.88 Å². The lowest BCUT2D eigenvalue weighted by atomic mass is 10.1. The number of pyridine rings is 1. The third-order valence-electron chi connectivity index (χ3n) is 4.82. The summed E-state index contributed by atoms with van der Waals surface area (Å²) in [6.07, 6.45) is 5.42. The number of benzene rings is 2. The number of thioether (sulfide) groups is 1. The molecule has 4 rings (SSSR count). The number of aromatic nitrogens is 3. The normalized spacial score (nSPS) is 12.1. The standard InChI is InChI=1S/C23H22N4OS/c1-16-13-23(26-21-6-4-3-5-20(16)21)29-14-22(28)25-17(2)18-7-9-19(10-8-18)27-12-11-24-15-27/h3-13,15,17H,14H2,1-2H3,(H,25,28)/t17-/m0/s1. The molecule has 2 aromatic carbocycles. The van der Waals surface area contributed by atoms with E-state index in [-0.39, 0.29) is 11.9 Å². The molecule has 1 N–H and O–H groups in total. The van der Waals surface area contributed by atoms with Crippen LogP contribution in [0.25, 0.3) is 16.6 Å². The van der Waals surface area contributed by atoms with Crippen LogP contribution < -0.4 is 5.32 Å². The van der Waals surface area contributed by atoms with Gasteiger partial charge in [0.1, 0.15) is 0 Å². The zero-order chi connectivity index (χ0) is 20.2. The van der Waals surface area contributed by atoms with Crippen molar-refractivity contribution in [1.82, 2.24) is 19.9 Å². The van der Waals surface area contributed by atoms with Crippen LogP contribution in [-0.4, -0.2) is 26.2 Å². The summed E-state index contributed by atoms with van der Waals surface area (Å²) in [5, 5.41) is 5.08. The van der Waals surface area contributed by atoms with E-state index < -0.39 is 0 Å². The van der Waals surface area contributed by atoms with Gasteiger partial charge in [-0.15, -0.1) is 0 Å². The number of fused-ring (bicyclic) bond motifs is 1. The van der Waals surface area contributed by atoms with Crippen molar-refractivity contribution < 1.29 is 4.79 Å². The fourth-order valence-corrected chi connectivity index (χ4v) is 4.03. The molecular weight excluding hydrogens is 380 g/mol. The Morgan fingerprint density at radius 1 is 1.17 bits per heavy atom. The molecule has 6 heteroatoms. The molecule has 2 aromatic heterocycles. The molecule has 1 amide bonds. The van der Waals surface area contributed by atoms with Gasteiger partial charge in [0.2, 0.25) is 5.91 Å². The van der Waals surface area contributed by atoms with Gasteiger partial charge in [0.25, 0.3) is 0 Å². The van der Waals surface area contributed by atoms with Gasteiger partial charge in [-0.25, -0.2) is 9.97 Å². The second-order valence-electron chi connectivity index (χ2n) is 6.93. The Balaban J connectivity index is 1.36. The second kappa shape index (κ2) is 8.49. The van der Waals surface area contributed by atoms with Crippen molar-refractivity contribution in [3.8, 4) is 5.69 Å². The number of aryl methyl sites for hydroxylation is 1. The zero-order valence-electron chi connectivity index (χ0n) is 16.4. The highest BCUT2D eigenvalue weighted by molar-refractivity contribution is 7.99. The highest BCUT2D eigenvalue weighted by Gasteiger charge is 2.11. The molecule has 0 saturated heterocycles. The molecule has 1 atom stereocenters. The Bertz CT molecular complexity index is 1120. The molecule has 29 heavy (non-hydrogen) atoms. The number of hydrogen-bond donors (Lipinski definition) is 1. The van der Waals surface area contributed by atoms with Crippen LogP contribution in [0.15, 0.2) is 78.3 Å². The summed E-state index contributed by atoms with van der Waals surface area (Å²) < 4.78 is 1.95. The molecule has 0 spiro atoms. The number of carbonyl (C=O) groups is 1. The average molecular weight is 403 g/mol. The van der Waals surface area contributed by atoms with Gasteiger partial charge in [-0.3, -0.25) is 4.79 Å². The Morgan fingerprint density at radius 3 is 2.72 bits per heavy atom. The topological polar surface area (TPSA) is 59.8 Å². The smallest absolute Gasteiger partial charge is 0.230 e. The van der Waals surface area contributed by atoms with Gasteiger partial charge in [0, 0.05) is 23.5 Å². The first-order chi connectivity index (χ1) is 14.1. The predicted octanol–water partition coefficient (Wildman–Crippen LogP) is 4.70. The average Bonchev–Trinajstić information content (AvgIpc) is 3.27. The van der Waals surface area contributed by atoms with E-state index in [0.717, 1.165) is 27.2 Å². The number of imidazole rings is 1. The minimum atomic E-state index is -0.0637. The zero-order valence-corrected chi connectivity index (χ0v) is 17.2. The number of nitrogens with zero attached hydrogens (tertiary/aromatic N) is 3. The SMILES string of the molecule is Cc1cc(SCC(=O)N[C@@H](C)c2ccc(-n3ccnc3)cc2)nc2ccccc12. The van der Waals surface area contributed by atoms with Crippen molar-refractivity contribution in [1.29, 1.82) is 0 Å². The number of para-hydroxylation sites is 1. The molecule has 4 aromatic rings. The number of amides is 1. The minimum Gasteiger partial charge on any atom is -0.349 e. The Labute approximate surface area is 174 Å². The van der Waals surface area contributed by atoms with Gasteiger partial charge in [-0.05, 0) is 49.2 Å². The Morgan fingerprint density at radius 2 is 1.97 bits per heavy atom. The van der Waals surface area contributed by atoms with Crippen molar-refractivity contribution >= 4 is 28.6 Å². The van der Waals surface area contributed by atoms with Crippen LogP contribution in [0.1, 0.15) is 24.1 Å². The number of nitrogens with one attached hydrogen (secondary N) is 1. The van der Waals surface area contributed by atoms with E-state index in [1.54, 1.807) is 12.5 Å². The van der Waals surface area contributed by atoms with E-state index in [1.165, 1.54) is 17.3 Å². The summed E-state index contributed by atoms with van der Waals surface area (Å²) in [6.45, 7) is 4.07. The minimum absolute atomic E-state index is 0.00574. The largest absolute Gasteiger partial charge is 0.349 e. The van der Waals surface area contributed by atoms with Crippen LogP contribution in [0.5, 0.6) is 0 Å². The molecule has 0 saturated carbocycles. The van der Waals surface area contributed by atoms with E-state index in [1.807, 2.05) is 66.2 Å². The van der Waals surface area contributed by atoms with Crippen molar-refractivity contribution in [2.75, 3.05) is 5.75 Å². The van der Waals surface area contributed by atoms with Crippen LogP contribution in [0, 0.1) is 6.92 Å². The maximum Gasteiger partial charge on any atom is 0.230 e. The second-order valence-corrected chi connectivity index (χ2v) is 7.93. The third-order valence-corrected chi connectivity index (χ3v) is 5.74.